The van der Waals surface area contributed by atoms with Crippen LogP contribution in [0.2, 0.25) is 0 Å². The first-order chi connectivity index (χ1) is 12.3. The number of hydrogen-bond acceptors (Lipinski definition) is 4. The zero-order chi connectivity index (χ0) is 17.3. The van der Waals surface area contributed by atoms with Crippen molar-refractivity contribution in [3.8, 4) is 0 Å². The van der Waals surface area contributed by atoms with Gasteiger partial charge < -0.3 is 10.6 Å². The Hall–Kier alpha value is -3.21. The van der Waals surface area contributed by atoms with Crippen LogP contribution in [0.3, 0.4) is 0 Å². The minimum absolute atomic E-state index is 0.139. The number of hydrogen-bond donors (Lipinski definition) is 2. The van der Waals surface area contributed by atoms with E-state index in [4.69, 9.17) is 0 Å². The first-order valence-corrected chi connectivity index (χ1v) is 8.22. The van der Waals surface area contributed by atoms with Gasteiger partial charge in [0.05, 0.1) is 5.56 Å². The van der Waals surface area contributed by atoms with Crippen LogP contribution in [0, 0.1) is 0 Å². The molecule has 0 unspecified atom stereocenters. The van der Waals surface area contributed by atoms with Crippen LogP contribution in [0.25, 0.3) is 0 Å². The quantitative estimate of drug-likeness (QED) is 0.698. The first-order valence-electron chi connectivity index (χ1n) is 8.22. The third kappa shape index (κ3) is 5.14. The van der Waals surface area contributed by atoms with E-state index >= 15 is 0 Å². The summed E-state index contributed by atoms with van der Waals surface area (Å²) in [4.78, 5) is 20.4. The summed E-state index contributed by atoms with van der Waals surface area (Å²) in [6.45, 7) is 1.27. The van der Waals surface area contributed by atoms with Crippen molar-refractivity contribution < 1.29 is 4.79 Å². The molecule has 1 aromatic carbocycles. The molecular formula is C20H20N4O. The summed E-state index contributed by atoms with van der Waals surface area (Å²) in [5, 5.41) is 6.14. The molecule has 0 spiro atoms. The van der Waals surface area contributed by atoms with Gasteiger partial charge in [-0.1, -0.05) is 30.3 Å². The topological polar surface area (TPSA) is 66.9 Å². The van der Waals surface area contributed by atoms with Gasteiger partial charge in [-0.05, 0) is 41.8 Å². The molecule has 5 heteroatoms. The highest BCUT2D eigenvalue weighted by molar-refractivity contribution is 5.93. The SMILES string of the molecule is O=C(NCc1ccncc1)c1ccc(NCCc2ccccc2)nc1. The highest BCUT2D eigenvalue weighted by atomic mass is 16.1. The van der Waals surface area contributed by atoms with Crippen molar-refractivity contribution >= 4 is 11.7 Å². The van der Waals surface area contributed by atoms with Crippen molar-refractivity contribution in [2.45, 2.75) is 13.0 Å². The summed E-state index contributed by atoms with van der Waals surface area (Å²) in [6.07, 6.45) is 5.93. The van der Waals surface area contributed by atoms with E-state index in [1.54, 1.807) is 24.7 Å². The lowest BCUT2D eigenvalue weighted by Crippen LogP contribution is -2.23. The lowest BCUT2D eigenvalue weighted by atomic mass is 10.1. The summed E-state index contributed by atoms with van der Waals surface area (Å²) >= 11 is 0. The molecule has 126 valence electrons. The van der Waals surface area contributed by atoms with Crippen molar-refractivity contribution in [3.05, 3.63) is 89.9 Å². The fourth-order valence-electron chi connectivity index (χ4n) is 2.40. The van der Waals surface area contributed by atoms with Crippen molar-refractivity contribution in [1.82, 2.24) is 15.3 Å². The maximum absolute atomic E-state index is 12.1. The van der Waals surface area contributed by atoms with E-state index in [0.29, 0.717) is 12.1 Å². The Morgan fingerprint density at radius 2 is 1.72 bits per heavy atom. The first kappa shape index (κ1) is 16.6. The van der Waals surface area contributed by atoms with Crippen molar-refractivity contribution in [1.29, 1.82) is 0 Å². The van der Waals surface area contributed by atoms with Gasteiger partial charge in [0, 0.05) is 31.7 Å². The average Bonchev–Trinajstić information content (AvgIpc) is 2.68. The third-order valence-corrected chi connectivity index (χ3v) is 3.79. The number of carbonyl (C=O) groups excluding carboxylic acids is 1. The van der Waals surface area contributed by atoms with Crippen LogP contribution in [-0.4, -0.2) is 22.4 Å². The van der Waals surface area contributed by atoms with E-state index in [0.717, 1.165) is 24.3 Å². The molecule has 0 aliphatic heterocycles. The predicted octanol–water partition coefficient (Wildman–Crippen LogP) is 3.06. The molecule has 0 aliphatic carbocycles. The molecule has 2 aromatic heterocycles. The smallest absolute Gasteiger partial charge is 0.253 e. The third-order valence-electron chi connectivity index (χ3n) is 3.79. The van der Waals surface area contributed by atoms with E-state index in [2.05, 4.69) is 32.7 Å². The highest BCUT2D eigenvalue weighted by Crippen LogP contribution is 2.07. The van der Waals surface area contributed by atoms with Crippen LogP contribution in [-0.2, 0) is 13.0 Å². The van der Waals surface area contributed by atoms with Crippen LogP contribution in [0.4, 0.5) is 5.82 Å². The number of anilines is 1. The summed E-state index contributed by atoms with van der Waals surface area (Å²) in [5.41, 5.74) is 2.83. The molecule has 2 heterocycles. The summed E-state index contributed by atoms with van der Waals surface area (Å²) in [7, 11) is 0. The van der Waals surface area contributed by atoms with Gasteiger partial charge in [-0.3, -0.25) is 9.78 Å². The fraction of sp³-hybridized carbons (Fsp3) is 0.150. The monoisotopic (exact) mass is 332 g/mol. The molecule has 25 heavy (non-hydrogen) atoms. The summed E-state index contributed by atoms with van der Waals surface area (Å²) in [6, 6.07) is 17.6. The number of benzene rings is 1. The standard InChI is InChI=1S/C20H20N4O/c25-20(24-14-17-8-11-21-12-9-17)18-6-7-19(23-15-18)22-13-10-16-4-2-1-3-5-16/h1-9,11-12,15H,10,13-14H2,(H,22,23)(H,24,25). The van der Waals surface area contributed by atoms with E-state index < -0.39 is 0 Å². The molecular weight excluding hydrogens is 312 g/mol. The molecule has 5 nitrogen and oxygen atoms in total. The normalized spacial score (nSPS) is 10.2. The Kier molecular flexibility index (Phi) is 5.72. The zero-order valence-electron chi connectivity index (χ0n) is 13.9. The second kappa shape index (κ2) is 8.59. The molecule has 0 bridgehead atoms. The Morgan fingerprint density at radius 3 is 2.44 bits per heavy atom. The second-order valence-electron chi connectivity index (χ2n) is 5.63. The minimum atomic E-state index is -0.139. The van der Waals surface area contributed by atoms with E-state index in [1.165, 1.54) is 5.56 Å². The van der Waals surface area contributed by atoms with Gasteiger partial charge in [-0.25, -0.2) is 4.98 Å². The number of carbonyl (C=O) groups is 1. The molecule has 0 fully saturated rings. The average molecular weight is 332 g/mol. The lowest BCUT2D eigenvalue weighted by molar-refractivity contribution is 0.0950. The molecule has 0 radical (unpaired) electrons. The van der Waals surface area contributed by atoms with Gasteiger partial charge in [0.15, 0.2) is 0 Å². The van der Waals surface area contributed by atoms with Gasteiger partial charge in [-0.15, -0.1) is 0 Å². The Balaban J connectivity index is 1.47. The molecule has 0 saturated heterocycles. The Labute approximate surface area is 147 Å². The largest absolute Gasteiger partial charge is 0.370 e. The van der Waals surface area contributed by atoms with Crippen molar-refractivity contribution in [3.63, 3.8) is 0 Å². The number of nitrogens with one attached hydrogen (secondary N) is 2. The summed E-state index contributed by atoms with van der Waals surface area (Å²) in [5.74, 6) is 0.627. The van der Waals surface area contributed by atoms with Crippen LogP contribution in [0.1, 0.15) is 21.5 Å². The van der Waals surface area contributed by atoms with Crippen LogP contribution in [0.15, 0.2) is 73.2 Å². The lowest BCUT2D eigenvalue weighted by Gasteiger charge is -2.08. The predicted molar refractivity (Wildman–Crippen MR) is 98.3 cm³/mol. The van der Waals surface area contributed by atoms with Crippen molar-refractivity contribution in [2.24, 2.45) is 0 Å². The molecule has 2 N–H and O–H groups in total. The summed E-state index contributed by atoms with van der Waals surface area (Å²) < 4.78 is 0. The molecule has 0 aliphatic rings. The highest BCUT2D eigenvalue weighted by Gasteiger charge is 2.06. The van der Waals surface area contributed by atoms with E-state index in [1.807, 2.05) is 36.4 Å². The molecule has 3 aromatic rings. The minimum Gasteiger partial charge on any atom is -0.370 e. The Bertz CT molecular complexity index is 789. The van der Waals surface area contributed by atoms with Gasteiger partial charge in [0.2, 0.25) is 0 Å². The maximum atomic E-state index is 12.1. The van der Waals surface area contributed by atoms with Crippen LogP contribution >= 0.6 is 0 Å². The van der Waals surface area contributed by atoms with Gasteiger partial charge >= 0.3 is 0 Å². The number of pyridine rings is 2. The number of aromatic nitrogens is 2. The maximum Gasteiger partial charge on any atom is 0.253 e. The Morgan fingerprint density at radius 1 is 0.920 bits per heavy atom. The zero-order valence-corrected chi connectivity index (χ0v) is 13.9. The van der Waals surface area contributed by atoms with Gasteiger partial charge in [0.25, 0.3) is 5.91 Å². The van der Waals surface area contributed by atoms with E-state index in [-0.39, 0.29) is 5.91 Å². The van der Waals surface area contributed by atoms with Crippen molar-refractivity contribution in [2.75, 3.05) is 11.9 Å². The molecule has 0 saturated carbocycles. The number of nitrogens with zero attached hydrogens (tertiary/aromatic N) is 2. The fourth-order valence-corrected chi connectivity index (χ4v) is 2.40. The molecule has 1 amide bonds. The second-order valence-corrected chi connectivity index (χ2v) is 5.63. The van der Waals surface area contributed by atoms with E-state index in [9.17, 15) is 4.79 Å². The van der Waals surface area contributed by atoms with Gasteiger partial charge in [0.1, 0.15) is 5.82 Å². The van der Waals surface area contributed by atoms with Crippen LogP contribution in [0.5, 0.6) is 0 Å². The number of amides is 1. The number of rotatable bonds is 7. The van der Waals surface area contributed by atoms with Crippen LogP contribution < -0.4 is 10.6 Å². The van der Waals surface area contributed by atoms with Gasteiger partial charge in [-0.2, -0.15) is 0 Å². The molecule has 3 rings (SSSR count). The molecule has 0 atom stereocenters.